The van der Waals surface area contributed by atoms with Gasteiger partial charge in [0.25, 0.3) is 0 Å². The highest BCUT2D eigenvalue weighted by molar-refractivity contribution is 9.10. The van der Waals surface area contributed by atoms with Crippen LogP contribution in [0.4, 0.5) is 0 Å². The van der Waals surface area contributed by atoms with Crippen LogP contribution >= 0.6 is 15.9 Å². The summed E-state index contributed by atoms with van der Waals surface area (Å²) >= 11 is 3.57. The van der Waals surface area contributed by atoms with Crippen molar-refractivity contribution >= 4 is 59.8 Å². The van der Waals surface area contributed by atoms with Gasteiger partial charge in [-0.05, 0) is 42.5 Å². The second kappa shape index (κ2) is 10.3. The number of fused-ring (bicyclic) bond motifs is 6. The fraction of sp³-hybridized carbons (Fsp3) is 0.0571. The van der Waals surface area contributed by atoms with Gasteiger partial charge in [0.2, 0.25) is 0 Å². The van der Waals surface area contributed by atoms with E-state index in [4.69, 9.17) is 23.8 Å². The van der Waals surface area contributed by atoms with Gasteiger partial charge in [0.1, 0.15) is 22.3 Å². The minimum Gasteiger partial charge on any atom is -0.456 e. The molecule has 5 aromatic carbocycles. The molecule has 6 heteroatoms. The van der Waals surface area contributed by atoms with Crippen LogP contribution in [0.3, 0.4) is 0 Å². The summed E-state index contributed by atoms with van der Waals surface area (Å²) in [4.78, 5) is 14.8. The van der Waals surface area contributed by atoms with Crippen molar-refractivity contribution in [2.45, 2.75) is 13.8 Å². The van der Waals surface area contributed by atoms with Gasteiger partial charge in [-0.1, -0.05) is 96.5 Å². The van der Waals surface area contributed by atoms with E-state index in [9.17, 15) is 0 Å². The first-order valence-electron chi connectivity index (χ1n) is 13.6. The van der Waals surface area contributed by atoms with Crippen molar-refractivity contribution in [1.82, 2.24) is 15.0 Å². The zero-order chi connectivity index (χ0) is 27.9. The van der Waals surface area contributed by atoms with E-state index < -0.39 is 0 Å². The second-order valence-electron chi connectivity index (χ2n) is 9.41. The molecule has 0 fully saturated rings. The van der Waals surface area contributed by atoms with E-state index in [1.807, 2.05) is 98.8 Å². The summed E-state index contributed by atoms with van der Waals surface area (Å²) in [5.74, 6) is 1.71. The Morgan fingerprint density at radius 3 is 2.02 bits per heavy atom. The standard InChI is InChI=1S/C33H18BrN3O2.C2H6/c34-21-14-16-28-26(18-21)23-15-13-20(17-29(23)38-28)32-35-31(19-7-2-1-3-8-19)36-33(37-32)25-11-6-10-24-22-9-4-5-12-27(22)39-30(24)25;1-2/h1-18H;1-2H3. The minimum absolute atomic E-state index is 0.553. The second-order valence-corrected chi connectivity index (χ2v) is 10.3. The number of nitrogens with zero attached hydrogens (tertiary/aromatic N) is 3. The predicted molar refractivity (Wildman–Crippen MR) is 170 cm³/mol. The largest absolute Gasteiger partial charge is 0.456 e. The fourth-order valence-corrected chi connectivity index (χ4v) is 5.51. The van der Waals surface area contributed by atoms with Crippen LogP contribution in [-0.2, 0) is 0 Å². The molecule has 198 valence electrons. The molecular weight excluding hydrogens is 574 g/mol. The normalized spacial score (nSPS) is 11.3. The lowest BCUT2D eigenvalue weighted by Crippen LogP contribution is -2.00. The Labute approximate surface area is 244 Å². The van der Waals surface area contributed by atoms with Gasteiger partial charge in [0.15, 0.2) is 17.5 Å². The van der Waals surface area contributed by atoms with Gasteiger partial charge >= 0.3 is 0 Å². The van der Waals surface area contributed by atoms with Crippen molar-refractivity contribution in [1.29, 1.82) is 0 Å². The number of hydrogen-bond donors (Lipinski definition) is 0. The summed E-state index contributed by atoms with van der Waals surface area (Å²) in [5, 5.41) is 4.19. The van der Waals surface area contributed by atoms with Gasteiger partial charge in [-0.2, -0.15) is 0 Å². The van der Waals surface area contributed by atoms with Crippen LogP contribution in [0, 0.1) is 0 Å². The van der Waals surface area contributed by atoms with Crippen molar-refractivity contribution in [2.75, 3.05) is 0 Å². The fourth-order valence-electron chi connectivity index (χ4n) is 5.15. The topological polar surface area (TPSA) is 65.0 Å². The Morgan fingerprint density at radius 2 is 1.17 bits per heavy atom. The summed E-state index contributed by atoms with van der Waals surface area (Å²) in [6, 6.07) is 36.2. The maximum Gasteiger partial charge on any atom is 0.167 e. The molecule has 8 rings (SSSR count). The number of para-hydroxylation sites is 2. The van der Waals surface area contributed by atoms with Crippen molar-refractivity contribution < 1.29 is 8.83 Å². The maximum absolute atomic E-state index is 6.31. The van der Waals surface area contributed by atoms with Crippen LogP contribution in [0.5, 0.6) is 0 Å². The van der Waals surface area contributed by atoms with E-state index >= 15 is 0 Å². The Hall–Kier alpha value is -4.81. The van der Waals surface area contributed by atoms with Crippen molar-refractivity contribution in [3.05, 3.63) is 114 Å². The Morgan fingerprint density at radius 1 is 0.488 bits per heavy atom. The first-order chi connectivity index (χ1) is 20.2. The number of halogens is 1. The lowest BCUT2D eigenvalue weighted by atomic mass is 10.1. The molecule has 0 saturated heterocycles. The molecule has 0 N–H and O–H groups in total. The third kappa shape index (κ3) is 4.37. The zero-order valence-electron chi connectivity index (χ0n) is 22.4. The number of furan rings is 2. The number of aromatic nitrogens is 3. The predicted octanol–water partition coefficient (Wildman–Crippen LogP) is 10.5. The monoisotopic (exact) mass is 597 g/mol. The molecular formula is C35H24BrN3O2. The van der Waals surface area contributed by atoms with Gasteiger partial charge < -0.3 is 8.83 Å². The van der Waals surface area contributed by atoms with E-state index in [1.54, 1.807) is 0 Å². The smallest absolute Gasteiger partial charge is 0.167 e. The molecule has 0 bridgehead atoms. The van der Waals surface area contributed by atoms with Crippen LogP contribution in [0.15, 0.2) is 123 Å². The molecule has 0 spiro atoms. The summed E-state index contributed by atoms with van der Waals surface area (Å²) in [6.45, 7) is 4.00. The van der Waals surface area contributed by atoms with Crippen LogP contribution in [0.2, 0.25) is 0 Å². The molecule has 0 atom stereocenters. The van der Waals surface area contributed by atoms with E-state index in [0.717, 1.165) is 65.0 Å². The Bertz CT molecular complexity index is 2200. The third-order valence-corrected chi connectivity index (χ3v) is 7.50. The highest BCUT2D eigenvalue weighted by Gasteiger charge is 2.18. The van der Waals surface area contributed by atoms with Crippen LogP contribution in [-0.4, -0.2) is 15.0 Å². The first-order valence-corrected chi connectivity index (χ1v) is 14.3. The molecule has 0 unspecified atom stereocenters. The molecule has 0 aliphatic carbocycles. The number of benzene rings is 5. The van der Waals surface area contributed by atoms with Crippen molar-refractivity contribution in [3.63, 3.8) is 0 Å². The van der Waals surface area contributed by atoms with Gasteiger partial charge in [-0.15, -0.1) is 0 Å². The van der Waals surface area contributed by atoms with Gasteiger partial charge in [-0.3, -0.25) is 0 Å². The van der Waals surface area contributed by atoms with Crippen molar-refractivity contribution in [2.24, 2.45) is 0 Å². The Kier molecular flexibility index (Phi) is 6.33. The number of hydrogen-bond acceptors (Lipinski definition) is 5. The molecule has 0 saturated carbocycles. The Balaban J connectivity index is 0.00000135. The van der Waals surface area contributed by atoms with Gasteiger partial charge in [0, 0.05) is 37.1 Å². The van der Waals surface area contributed by atoms with E-state index in [2.05, 4.69) is 40.2 Å². The van der Waals surface area contributed by atoms with Crippen LogP contribution in [0.25, 0.3) is 78.0 Å². The van der Waals surface area contributed by atoms with Crippen molar-refractivity contribution in [3.8, 4) is 34.2 Å². The molecule has 41 heavy (non-hydrogen) atoms. The molecule has 3 aromatic heterocycles. The molecule has 3 heterocycles. The lowest BCUT2D eigenvalue weighted by Gasteiger charge is -2.08. The average Bonchev–Trinajstić information content (AvgIpc) is 3.60. The van der Waals surface area contributed by atoms with Gasteiger partial charge in [0.05, 0.1) is 5.56 Å². The first kappa shape index (κ1) is 25.2. The van der Waals surface area contributed by atoms with Crippen LogP contribution in [0.1, 0.15) is 13.8 Å². The summed E-state index contributed by atoms with van der Waals surface area (Å²) < 4.78 is 13.5. The highest BCUT2D eigenvalue weighted by Crippen LogP contribution is 2.37. The van der Waals surface area contributed by atoms with Gasteiger partial charge in [-0.25, -0.2) is 15.0 Å². The molecule has 0 aliphatic rings. The maximum atomic E-state index is 6.31. The molecule has 8 aromatic rings. The minimum atomic E-state index is 0.553. The quantitative estimate of drug-likeness (QED) is 0.202. The van der Waals surface area contributed by atoms with E-state index in [0.29, 0.717) is 17.5 Å². The molecule has 0 aliphatic heterocycles. The van der Waals surface area contributed by atoms with Crippen LogP contribution < -0.4 is 0 Å². The molecule has 5 nitrogen and oxygen atoms in total. The summed E-state index contributed by atoms with van der Waals surface area (Å²) in [6.07, 6.45) is 0. The molecule has 0 radical (unpaired) electrons. The zero-order valence-corrected chi connectivity index (χ0v) is 24.0. The summed E-state index contributed by atoms with van der Waals surface area (Å²) in [7, 11) is 0. The van der Waals surface area contributed by atoms with E-state index in [1.165, 1.54) is 0 Å². The third-order valence-electron chi connectivity index (χ3n) is 7.00. The average molecular weight is 599 g/mol. The van der Waals surface area contributed by atoms with E-state index in [-0.39, 0.29) is 0 Å². The molecule has 0 amide bonds. The number of rotatable bonds is 3. The lowest BCUT2D eigenvalue weighted by molar-refractivity contribution is 0.668. The summed E-state index contributed by atoms with van der Waals surface area (Å²) in [5.41, 5.74) is 5.78. The highest BCUT2D eigenvalue weighted by atomic mass is 79.9. The SMILES string of the molecule is Brc1ccc2oc3cc(-c4nc(-c5ccccc5)nc(-c5cccc6c5oc5ccccc56)n4)ccc3c2c1.CC.